The average Bonchev–Trinajstić information content (AvgIpc) is 2.40. The molecule has 0 fully saturated rings. The number of hydrogen-bond acceptors (Lipinski definition) is 2. The first-order chi connectivity index (χ1) is 9.49. The standard InChI is InChI=1S/C17H27NO2/c1-4-5-6-7-8-9-10-14-13(3)12(2)11-15(16(14)18)17(19)20/h10-11,13H,4-9,18H2,1-3H3,(H,19,20). The van der Waals surface area contributed by atoms with Gasteiger partial charge in [-0.1, -0.05) is 51.2 Å². The molecule has 0 saturated carbocycles. The summed E-state index contributed by atoms with van der Waals surface area (Å²) in [5.41, 5.74) is 8.74. The molecule has 0 aromatic rings. The normalized spacial score (nSPS) is 21.2. The van der Waals surface area contributed by atoms with Crippen LogP contribution >= 0.6 is 0 Å². The highest BCUT2D eigenvalue weighted by atomic mass is 16.4. The molecule has 0 aromatic heterocycles. The lowest BCUT2D eigenvalue weighted by Gasteiger charge is -2.23. The third-order valence-electron chi connectivity index (χ3n) is 4.03. The van der Waals surface area contributed by atoms with Gasteiger partial charge < -0.3 is 10.8 Å². The monoisotopic (exact) mass is 277 g/mol. The van der Waals surface area contributed by atoms with Crippen molar-refractivity contribution in [3.63, 3.8) is 0 Å². The zero-order valence-corrected chi connectivity index (χ0v) is 12.9. The number of rotatable bonds is 7. The van der Waals surface area contributed by atoms with Crippen molar-refractivity contribution in [1.29, 1.82) is 0 Å². The topological polar surface area (TPSA) is 63.3 Å². The van der Waals surface area contributed by atoms with E-state index in [1.54, 1.807) is 6.08 Å². The number of aliphatic carboxylic acids is 1. The number of carboxylic acids is 1. The Hall–Kier alpha value is -1.51. The molecule has 112 valence electrons. The summed E-state index contributed by atoms with van der Waals surface area (Å²) in [5.74, 6) is -0.726. The first kappa shape index (κ1) is 16.5. The van der Waals surface area contributed by atoms with Gasteiger partial charge in [0.2, 0.25) is 0 Å². The van der Waals surface area contributed by atoms with Crippen molar-refractivity contribution >= 4 is 5.97 Å². The zero-order valence-electron chi connectivity index (χ0n) is 12.9. The van der Waals surface area contributed by atoms with E-state index in [0.717, 1.165) is 24.0 Å². The van der Waals surface area contributed by atoms with E-state index in [2.05, 4.69) is 19.9 Å². The maximum absolute atomic E-state index is 11.2. The van der Waals surface area contributed by atoms with Crippen LogP contribution < -0.4 is 5.73 Å². The quantitative estimate of drug-likeness (QED) is 0.687. The summed E-state index contributed by atoms with van der Waals surface area (Å²) >= 11 is 0. The molecule has 0 saturated heterocycles. The van der Waals surface area contributed by atoms with Crippen LogP contribution in [0, 0.1) is 5.92 Å². The lowest BCUT2D eigenvalue weighted by molar-refractivity contribution is -0.132. The minimum atomic E-state index is -0.942. The molecule has 1 unspecified atom stereocenters. The van der Waals surface area contributed by atoms with Crippen LogP contribution in [0.1, 0.15) is 59.3 Å². The summed E-state index contributed by atoms with van der Waals surface area (Å²) in [4.78, 5) is 11.2. The van der Waals surface area contributed by atoms with E-state index in [9.17, 15) is 9.90 Å². The highest BCUT2D eigenvalue weighted by molar-refractivity contribution is 5.92. The van der Waals surface area contributed by atoms with Gasteiger partial charge in [0, 0.05) is 11.6 Å². The van der Waals surface area contributed by atoms with E-state index in [4.69, 9.17) is 5.73 Å². The first-order valence-corrected chi connectivity index (χ1v) is 7.60. The SMILES string of the molecule is CCCCCCCC=C1C(N)=C(C(=O)O)C=C(C)C1C. The second-order valence-corrected chi connectivity index (χ2v) is 5.60. The summed E-state index contributed by atoms with van der Waals surface area (Å²) < 4.78 is 0. The molecule has 0 spiro atoms. The molecule has 0 bridgehead atoms. The summed E-state index contributed by atoms with van der Waals surface area (Å²) in [7, 11) is 0. The second kappa shape index (κ2) is 7.93. The van der Waals surface area contributed by atoms with Crippen LogP contribution in [0.3, 0.4) is 0 Å². The van der Waals surface area contributed by atoms with Crippen molar-refractivity contribution in [2.45, 2.75) is 59.3 Å². The van der Waals surface area contributed by atoms with Crippen molar-refractivity contribution in [3.05, 3.63) is 34.6 Å². The van der Waals surface area contributed by atoms with Gasteiger partial charge in [0.25, 0.3) is 0 Å². The molecular weight excluding hydrogens is 250 g/mol. The molecule has 20 heavy (non-hydrogen) atoms. The first-order valence-electron chi connectivity index (χ1n) is 7.60. The Kier molecular flexibility index (Phi) is 6.56. The number of carboxylic acid groups (broad SMARTS) is 1. The van der Waals surface area contributed by atoms with Crippen LogP contribution in [-0.4, -0.2) is 11.1 Å². The average molecular weight is 277 g/mol. The Balaban J connectivity index is 2.72. The zero-order chi connectivity index (χ0) is 15.1. The van der Waals surface area contributed by atoms with E-state index < -0.39 is 5.97 Å². The molecule has 3 nitrogen and oxygen atoms in total. The Labute approximate surface area is 122 Å². The summed E-state index contributed by atoms with van der Waals surface area (Å²) in [5, 5.41) is 9.19. The van der Waals surface area contributed by atoms with E-state index in [-0.39, 0.29) is 11.5 Å². The molecule has 0 aliphatic heterocycles. The molecule has 1 atom stereocenters. The molecule has 1 aliphatic rings. The molecule has 0 radical (unpaired) electrons. The number of unbranched alkanes of at least 4 members (excludes halogenated alkanes) is 5. The Morgan fingerprint density at radius 3 is 2.60 bits per heavy atom. The van der Waals surface area contributed by atoms with Gasteiger partial charge in [-0.2, -0.15) is 0 Å². The van der Waals surface area contributed by atoms with Crippen molar-refractivity contribution < 1.29 is 9.90 Å². The molecule has 1 aliphatic carbocycles. The minimum absolute atomic E-state index is 0.216. The number of hydrogen-bond donors (Lipinski definition) is 2. The molecule has 3 N–H and O–H groups in total. The van der Waals surface area contributed by atoms with Gasteiger partial charge in [0.1, 0.15) is 0 Å². The van der Waals surface area contributed by atoms with Gasteiger partial charge in [0.05, 0.1) is 5.57 Å². The molecule has 0 aromatic carbocycles. The largest absolute Gasteiger partial charge is 0.478 e. The van der Waals surface area contributed by atoms with Gasteiger partial charge in [-0.05, 0) is 31.4 Å². The number of carbonyl (C=O) groups is 1. The maximum Gasteiger partial charge on any atom is 0.337 e. The predicted octanol–water partition coefficient (Wildman–Crippen LogP) is 4.17. The van der Waals surface area contributed by atoms with Gasteiger partial charge >= 0.3 is 5.97 Å². The highest BCUT2D eigenvalue weighted by Gasteiger charge is 2.23. The van der Waals surface area contributed by atoms with Crippen molar-refractivity contribution in [2.24, 2.45) is 11.7 Å². The molecule has 3 heteroatoms. The third kappa shape index (κ3) is 4.26. The highest BCUT2D eigenvalue weighted by Crippen LogP contribution is 2.32. The fourth-order valence-electron chi connectivity index (χ4n) is 2.53. The van der Waals surface area contributed by atoms with Gasteiger partial charge in [-0.15, -0.1) is 0 Å². The molecule has 0 amide bonds. The van der Waals surface area contributed by atoms with Gasteiger partial charge in [-0.25, -0.2) is 4.79 Å². The lowest BCUT2D eigenvalue weighted by Crippen LogP contribution is -2.20. The van der Waals surface area contributed by atoms with Crippen molar-refractivity contribution in [2.75, 3.05) is 0 Å². The fraction of sp³-hybridized carbons (Fsp3) is 0.588. The minimum Gasteiger partial charge on any atom is -0.478 e. The van der Waals surface area contributed by atoms with Crippen LogP contribution in [0.15, 0.2) is 34.6 Å². The number of nitrogens with two attached hydrogens (primary N) is 1. The Morgan fingerprint density at radius 2 is 2.00 bits per heavy atom. The van der Waals surface area contributed by atoms with Crippen molar-refractivity contribution in [3.8, 4) is 0 Å². The summed E-state index contributed by atoms with van der Waals surface area (Å²) in [6, 6.07) is 0. The van der Waals surface area contributed by atoms with E-state index >= 15 is 0 Å². The van der Waals surface area contributed by atoms with Crippen LogP contribution in [0.4, 0.5) is 0 Å². The van der Waals surface area contributed by atoms with Crippen LogP contribution in [0.5, 0.6) is 0 Å². The predicted molar refractivity (Wildman–Crippen MR) is 83.2 cm³/mol. The molecular formula is C17H27NO2. The van der Waals surface area contributed by atoms with Crippen molar-refractivity contribution in [1.82, 2.24) is 0 Å². The summed E-state index contributed by atoms with van der Waals surface area (Å²) in [6.07, 6.45) is 11.0. The van der Waals surface area contributed by atoms with Crippen LogP contribution in [-0.2, 0) is 4.79 Å². The summed E-state index contributed by atoms with van der Waals surface area (Å²) in [6.45, 7) is 6.26. The van der Waals surface area contributed by atoms with E-state index in [0.29, 0.717) is 5.70 Å². The maximum atomic E-state index is 11.2. The number of allylic oxidation sites excluding steroid dienone is 3. The lowest BCUT2D eigenvalue weighted by atomic mass is 9.83. The van der Waals surface area contributed by atoms with Crippen LogP contribution in [0.2, 0.25) is 0 Å². The van der Waals surface area contributed by atoms with Crippen LogP contribution in [0.25, 0.3) is 0 Å². The second-order valence-electron chi connectivity index (χ2n) is 5.60. The smallest absolute Gasteiger partial charge is 0.337 e. The molecule has 0 heterocycles. The van der Waals surface area contributed by atoms with E-state index in [1.165, 1.54) is 25.7 Å². The fourth-order valence-corrected chi connectivity index (χ4v) is 2.53. The van der Waals surface area contributed by atoms with Gasteiger partial charge in [0.15, 0.2) is 0 Å². The molecule has 1 rings (SSSR count). The van der Waals surface area contributed by atoms with E-state index in [1.807, 2.05) is 6.92 Å². The third-order valence-corrected chi connectivity index (χ3v) is 4.03. The Bertz CT molecular complexity index is 444. The Morgan fingerprint density at radius 1 is 1.35 bits per heavy atom. The van der Waals surface area contributed by atoms with Gasteiger partial charge in [-0.3, -0.25) is 0 Å².